The summed E-state index contributed by atoms with van der Waals surface area (Å²) < 4.78 is 14.5. The summed E-state index contributed by atoms with van der Waals surface area (Å²) in [4.78, 5) is 4.86. The van der Waals surface area contributed by atoms with E-state index in [1.54, 1.807) is 0 Å². The summed E-state index contributed by atoms with van der Waals surface area (Å²) in [7, 11) is 0. The summed E-state index contributed by atoms with van der Waals surface area (Å²) in [5.41, 5.74) is 12.5. The Morgan fingerprint density at radius 1 is 0.667 bits per heavy atom. The quantitative estimate of drug-likeness (QED) is 0.249. The van der Waals surface area contributed by atoms with Crippen LogP contribution in [0.3, 0.4) is 0 Å². The molecule has 1 aromatic heterocycles. The molecule has 0 spiro atoms. The Morgan fingerprint density at radius 2 is 1.30 bits per heavy atom. The summed E-state index contributed by atoms with van der Waals surface area (Å²) >= 11 is 0. The third-order valence-electron chi connectivity index (χ3n) is 7.82. The molecule has 0 unspecified atom stereocenters. The average molecular weight is 430 g/mol. The molecule has 0 N–H and O–H groups in total. The van der Waals surface area contributed by atoms with Crippen LogP contribution in [0.2, 0.25) is 0 Å². The topological polar surface area (TPSA) is 12.9 Å². The highest BCUT2D eigenvalue weighted by Crippen LogP contribution is 2.44. The second-order valence-corrected chi connectivity index (χ2v) is 9.67. The van der Waals surface area contributed by atoms with E-state index in [2.05, 4.69) is 48.5 Å². The summed E-state index contributed by atoms with van der Waals surface area (Å²) in [6, 6.07) is 19.8. The van der Waals surface area contributed by atoms with Crippen LogP contribution in [0, 0.1) is 19.7 Å². The summed E-state index contributed by atoms with van der Waals surface area (Å²) in [6.45, 7) is 3.72. The fraction of sp³-hybridized carbons (Fsp3) is 0.194. The molecule has 160 valence electrons. The molecule has 0 fully saturated rings. The lowest BCUT2D eigenvalue weighted by atomic mass is 9.74. The SMILES string of the molecule is Cc1cc2c(ccc3c(-c4cc5c6c(c4)CCc4cccc(c4-6)CC5)nccc32)c(C)c1F. The molecule has 0 saturated heterocycles. The number of hydrogen-bond donors (Lipinski definition) is 0. The normalized spacial score (nSPS) is 14.0. The Kier molecular flexibility index (Phi) is 3.88. The van der Waals surface area contributed by atoms with Crippen LogP contribution in [-0.2, 0) is 25.7 Å². The minimum Gasteiger partial charge on any atom is -0.256 e. The molecule has 2 aliphatic carbocycles. The highest BCUT2D eigenvalue weighted by Gasteiger charge is 2.26. The number of aromatic nitrogens is 1. The molecule has 1 nitrogen and oxygen atoms in total. The Hall–Kier alpha value is -3.52. The van der Waals surface area contributed by atoms with Gasteiger partial charge in [0.1, 0.15) is 5.82 Å². The van der Waals surface area contributed by atoms with E-state index in [1.807, 2.05) is 26.1 Å². The van der Waals surface area contributed by atoms with Crippen LogP contribution in [0.1, 0.15) is 33.4 Å². The molecule has 0 radical (unpaired) electrons. The highest BCUT2D eigenvalue weighted by atomic mass is 19.1. The average Bonchev–Trinajstić information content (AvgIpc) is 2.85. The number of pyridine rings is 1. The zero-order valence-electron chi connectivity index (χ0n) is 18.9. The van der Waals surface area contributed by atoms with Gasteiger partial charge in [0.25, 0.3) is 0 Å². The molecule has 2 aliphatic rings. The van der Waals surface area contributed by atoms with E-state index < -0.39 is 0 Å². The van der Waals surface area contributed by atoms with Gasteiger partial charge in [-0.05, 0) is 124 Å². The molecule has 4 aromatic carbocycles. The van der Waals surface area contributed by atoms with Gasteiger partial charge in [-0.1, -0.05) is 30.3 Å². The van der Waals surface area contributed by atoms with Crippen LogP contribution in [0.5, 0.6) is 0 Å². The van der Waals surface area contributed by atoms with E-state index in [0.717, 1.165) is 58.5 Å². The lowest BCUT2D eigenvalue weighted by Gasteiger charge is -2.30. The summed E-state index contributed by atoms with van der Waals surface area (Å²) in [5.74, 6) is -0.107. The molecule has 0 amide bonds. The maximum absolute atomic E-state index is 14.5. The first-order valence-electron chi connectivity index (χ1n) is 11.8. The fourth-order valence-corrected chi connectivity index (χ4v) is 6.23. The van der Waals surface area contributed by atoms with Crippen molar-refractivity contribution in [3.63, 3.8) is 0 Å². The van der Waals surface area contributed by atoms with Crippen molar-refractivity contribution in [1.82, 2.24) is 4.98 Å². The number of halogens is 1. The molecule has 0 saturated carbocycles. The predicted octanol–water partition coefficient (Wildman–Crippen LogP) is 7.68. The maximum atomic E-state index is 14.5. The first-order chi connectivity index (χ1) is 16.1. The van der Waals surface area contributed by atoms with E-state index in [-0.39, 0.29) is 5.82 Å². The van der Waals surface area contributed by atoms with Crippen LogP contribution in [0.25, 0.3) is 43.9 Å². The first-order valence-corrected chi connectivity index (χ1v) is 11.8. The van der Waals surface area contributed by atoms with Gasteiger partial charge in [-0.2, -0.15) is 0 Å². The predicted molar refractivity (Wildman–Crippen MR) is 134 cm³/mol. The number of rotatable bonds is 1. The Bertz CT molecular complexity index is 1600. The van der Waals surface area contributed by atoms with Gasteiger partial charge in [-0.3, -0.25) is 4.98 Å². The van der Waals surface area contributed by atoms with Crippen LogP contribution >= 0.6 is 0 Å². The van der Waals surface area contributed by atoms with E-state index in [9.17, 15) is 4.39 Å². The zero-order valence-corrected chi connectivity index (χ0v) is 18.9. The number of hydrogen-bond acceptors (Lipinski definition) is 1. The molecule has 33 heavy (non-hydrogen) atoms. The molecule has 0 aliphatic heterocycles. The van der Waals surface area contributed by atoms with Crippen molar-refractivity contribution >= 4 is 21.5 Å². The van der Waals surface area contributed by atoms with Crippen LogP contribution in [0.4, 0.5) is 4.39 Å². The number of fused-ring (bicyclic) bond motifs is 3. The maximum Gasteiger partial charge on any atom is 0.129 e. The minimum atomic E-state index is -0.107. The Balaban J connectivity index is 1.49. The second kappa shape index (κ2) is 6.74. The van der Waals surface area contributed by atoms with Crippen molar-refractivity contribution in [1.29, 1.82) is 0 Å². The van der Waals surface area contributed by atoms with Crippen molar-refractivity contribution in [3.05, 3.63) is 100.0 Å². The van der Waals surface area contributed by atoms with Gasteiger partial charge in [0, 0.05) is 17.1 Å². The van der Waals surface area contributed by atoms with Crippen LogP contribution in [-0.4, -0.2) is 4.98 Å². The lowest BCUT2D eigenvalue weighted by molar-refractivity contribution is 0.612. The largest absolute Gasteiger partial charge is 0.256 e. The van der Waals surface area contributed by atoms with E-state index in [0.29, 0.717) is 5.56 Å². The van der Waals surface area contributed by atoms with Gasteiger partial charge < -0.3 is 0 Å². The Morgan fingerprint density at radius 3 is 2.03 bits per heavy atom. The van der Waals surface area contributed by atoms with Gasteiger partial charge in [0.2, 0.25) is 0 Å². The van der Waals surface area contributed by atoms with E-state index >= 15 is 0 Å². The Labute approximate surface area is 192 Å². The molecule has 7 rings (SSSR count). The molecule has 1 heterocycles. The van der Waals surface area contributed by atoms with Crippen molar-refractivity contribution in [3.8, 4) is 22.4 Å². The second-order valence-electron chi connectivity index (χ2n) is 9.67. The molecular weight excluding hydrogens is 405 g/mol. The zero-order chi connectivity index (χ0) is 22.3. The summed E-state index contributed by atoms with van der Waals surface area (Å²) in [6.07, 6.45) is 6.28. The monoisotopic (exact) mass is 429 g/mol. The van der Waals surface area contributed by atoms with Crippen molar-refractivity contribution in [2.24, 2.45) is 0 Å². The van der Waals surface area contributed by atoms with E-state index in [4.69, 9.17) is 4.98 Å². The van der Waals surface area contributed by atoms with Gasteiger partial charge in [-0.15, -0.1) is 0 Å². The first kappa shape index (κ1) is 19.0. The van der Waals surface area contributed by atoms with Crippen molar-refractivity contribution < 1.29 is 4.39 Å². The molecule has 5 aromatic rings. The lowest BCUT2D eigenvalue weighted by Crippen LogP contribution is -2.14. The van der Waals surface area contributed by atoms with Gasteiger partial charge in [-0.25, -0.2) is 4.39 Å². The van der Waals surface area contributed by atoms with Gasteiger partial charge in [0.15, 0.2) is 0 Å². The molecule has 0 atom stereocenters. The van der Waals surface area contributed by atoms with Crippen molar-refractivity contribution in [2.75, 3.05) is 0 Å². The van der Waals surface area contributed by atoms with E-state index in [1.165, 1.54) is 38.9 Å². The van der Waals surface area contributed by atoms with Crippen LogP contribution < -0.4 is 0 Å². The van der Waals surface area contributed by atoms with Crippen molar-refractivity contribution in [2.45, 2.75) is 39.5 Å². The fourth-order valence-electron chi connectivity index (χ4n) is 6.23. The summed E-state index contributed by atoms with van der Waals surface area (Å²) in [5, 5.41) is 4.36. The molecule has 2 heteroatoms. The minimum absolute atomic E-state index is 0.107. The van der Waals surface area contributed by atoms with Gasteiger partial charge >= 0.3 is 0 Å². The smallest absolute Gasteiger partial charge is 0.129 e. The standard InChI is InChI=1S/C31H24FN/c1-17-14-27-24(18(2)30(17)32)10-11-26-25(27)12-13-33-31(26)23-15-21-8-6-19-4-3-5-20-7-9-22(16-23)29(21)28(19)20/h3-5,10-16H,6-9H2,1-2H3. The third-order valence-corrected chi connectivity index (χ3v) is 7.82. The number of aryl methyl sites for hydroxylation is 6. The molecule has 0 bridgehead atoms. The third kappa shape index (κ3) is 2.61. The molecular formula is C31H24FN. The number of nitrogens with zero attached hydrogens (tertiary/aromatic N) is 1. The van der Waals surface area contributed by atoms with Gasteiger partial charge in [0.05, 0.1) is 5.69 Å². The number of benzene rings is 4. The highest BCUT2D eigenvalue weighted by molar-refractivity contribution is 6.12. The van der Waals surface area contributed by atoms with Crippen LogP contribution in [0.15, 0.2) is 60.8 Å².